The van der Waals surface area contributed by atoms with Crippen molar-refractivity contribution in [2.24, 2.45) is 0 Å². The summed E-state index contributed by atoms with van der Waals surface area (Å²) in [6.45, 7) is 5.32. The third-order valence-corrected chi connectivity index (χ3v) is 5.19. The summed E-state index contributed by atoms with van der Waals surface area (Å²) < 4.78 is 23.1. The third kappa shape index (κ3) is 5.08. The molecule has 0 aromatic heterocycles. The number of sulfone groups is 1. The van der Waals surface area contributed by atoms with Gasteiger partial charge in [-0.25, -0.2) is 13.4 Å². The molecule has 0 saturated heterocycles. The first-order valence-corrected chi connectivity index (χ1v) is 10.4. The van der Waals surface area contributed by atoms with E-state index in [0.717, 1.165) is 6.26 Å². The second kappa shape index (κ2) is 7.70. The second-order valence-corrected chi connectivity index (χ2v) is 9.45. The zero-order valence-corrected chi connectivity index (χ0v) is 17.1. The normalized spacial score (nSPS) is 11.7. The number of hydrogen-bond donors (Lipinski definition) is 1. The van der Waals surface area contributed by atoms with Gasteiger partial charge in [-0.05, 0) is 57.2 Å². The Morgan fingerprint density at radius 2 is 1.56 bits per heavy atom. The van der Waals surface area contributed by atoms with Crippen LogP contribution >= 0.6 is 11.6 Å². The number of amides is 2. The summed E-state index contributed by atoms with van der Waals surface area (Å²) in [4.78, 5) is 25.6. The summed E-state index contributed by atoms with van der Waals surface area (Å²) in [5, 5.41) is 1.49. The van der Waals surface area contributed by atoms with Crippen LogP contribution in [0.2, 0.25) is 5.02 Å². The largest absolute Gasteiger partial charge is 0.274 e. The van der Waals surface area contributed by atoms with Gasteiger partial charge in [0.2, 0.25) is 0 Å². The van der Waals surface area contributed by atoms with Crippen molar-refractivity contribution in [1.82, 2.24) is 10.4 Å². The summed E-state index contributed by atoms with van der Waals surface area (Å²) in [5.41, 5.74) is 2.36. The van der Waals surface area contributed by atoms with Crippen LogP contribution in [0.15, 0.2) is 53.4 Å². The zero-order valence-electron chi connectivity index (χ0n) is 15.5. The van der Waals surface area contributed by atoms with Gasteiger partial charge < -0.3 is 0 Å². The van der Waals surface area contributed by atoms with Crippen LogP contribution in [0.5, 0.6) is 0 Å². The molecule has 0 bridgehead atoms. The quantitative estimate of drug-likeness (QED) is 0.789. The zero-order chi connectivity index (χ0) is 20.4. The van der Waals surface area contributed by atoms with Crippen LogP contribution in [0.25, 0.3) is 0 Å². The Bertz CT molecular complexity index is 964. The summed E-state index contributed by atoms with van der Waals surface area (Å²) in [6.07, 6.45) is 1.09. The minimum Gasteiger partial charge on any atom is -0.267 e. The van der Waals surface area contributed by atoms with E-state index in [1.165, 1.54) is 29.3 Å². The topological polar surface area (TPSA) is 83.6 Å². The number of carbonyl (C=O) groups excluding carboxylic acids is 2. The van der Waals surface area contributed by atoms with E-state index in [4.69, 9.17) is 11.6 Å². The Hall–Kier alpha value is -2.38. The van der Waals surface area contributed by atoms with E-state index in [0.29, 0.717) is 0 Å². The molecule has 2 aromatic carbocycles. The minimum absolute atomic E-state index is 0.110. The molecule has 144 valence electrons. The molecule has 0 radical (unpaired) electrons. The highest BCUT2D eigenvalue weighted by molar-refractivity contribution is 7.90. The number of nitrogens with one attached hydrogen (secondary N) is 1. The van der Waals surface area contributed by atoms with E-state index < -0.39 is 27.2 Å². The molecule has 0 aliphatic carbocycles. The van der Waals surface area contributed by atoms with Crippen LogP contribution in [-0.2, 0) is 9.84 Å². The molecule has 0 aliphatic heterocycles. The number of hydrogen-bond acceptors (Lipinski definition) is 4. The monoisotopic (exact) mass is 408 g/mol. The lowest BCUT2D eigenvalue weighted by Gasteiger charge is -2.35. The highest BCUT2D eigenvalue weighted by Crippen LogP contribution is 2.21. The molecule has 2 amide bonds. The third-order valence-electron chi connectivity index (χ3n) is 3.74. The molecule has 0 atom stereocenters. The molecule has 0 fully saturated rings. The van der Waals surface area contributed by atoms with Gasteiger partial charge in [0.15, 0.2) is 9.84 Å². The molecule has 0 unspecified atom stereocenters. The highest BCUT2D eigenvalue weighted by Gasteiger charge is 2.30. The average molecular weight is 409 g/mol. The molecule has 0 aliphatic rings. The van der Waals surface area contributed by atoms with Gasteiger partial charge in [-0.2, -0.15) is 0 Å². The van der Waals surface area contributed by atoms with Gasteiger partial charge >= 0.3 is 0 Å². The summed E-state index contributed by atoms with van der Waals surface area (Å²) in [5.74, 6) is -0.986. The molecule has 0 saturated carbocycles. The van der Waals surface area contributed by atoms with Crippen molar-refractivity contribution < 1.29 is 18.0 Å². The molecule has 0 heterocycles. The average Bonchev–Trinajstić information content (AvgIpc) is 2.57. The van der Waals surface area contributed by atoms with Crippen molar-refractivity contribution in [1.29, 1.82) is 0 Å². The van der Waals surface area contributed by atoms with Crippen LogP contribution < -0.4 is 5.43 Å². The molecular formula is C19H21ClN2O4S. The molecule has 0 spiro atoms. The first kappa shape index (κ1) is 20.9. The van der Waals surface area contributed by atoms with E-state index in [1.807, 2.05) is 0 Å². The molecular weight excluding hydrogens is 388 g/mol. The lowest BCUT2D eigenvalue weighted by Crippen LogP contribution is -2.55. The Morgan fingerprint density at radius 3 is 2.04 bits per heavy atom. The van der Waals surface area contributed by atoms with E-state index in [9.17, 15) is 18.0 Å². The smallest absolute Gasteiger partial charge is 0.267 e. The maximum Gasteiger partial charge on any atom is 0.274 e. The molecule has 6 nitrogen and oxygen atoms in total. The first-order valence-electron chi connectivity index (χ1n) is 8.11. The Kier molecular flexibility index (Phi) is 5.97. The molecule has 2 rings (SSSR count). The van der Waals surface area contributed by atoms with E-state index in [1.54, 1.807) is 45.0 Å². The molecule has 8 heteroatoms. The van der Waals surface area contributed by atoms with Gasteiger partial charge in [-0.3, -0.25) is 15.0 Å². The number of carbonyl (C=O) groups is 2. The Morgan fingerprint density at radius 1 is 1.00 bits per heavy atom. The van der Waals surface area contributed by atoms with E-state index >= 15 is 0 Å². The lowest BCUT2D eigenvalue weighted by molar-refractivity contribution is 0.0359. The van der Waals surface area contributed by atoms with Crippen molar-refractivity contribution in [2.45, 2.75) is 31.2 Å². The van der Waals surface area contributed by atoms with E-state index in [2.05, 4.69) is 5.43 Å². The fraction of sp³-hybridized carbons (Fsp3) is 0.263. The van der Waals surface area contributed by atoms with Gasteiger partial charge in [0.05, 0.1) is 21.0 Å². The van der Waals surface area contributed by atoms with Gasteiger partial charge in [0.1, 0.15) is 0 Å². The van der Waals surface area contributed by atoms with Crippen molar-refractivity contribution in [2.75, 3.05) is 6.26 Å². The minimum atomic E-state index is -3.36. The predicted octanol–water partition coefficient (Wildman–Crippen LogP) is 3.33. The fourth-order valence-corrected chi connectivity index (χ4v) is 3.14. The lowest BCUT2D eigenvalue weighted by atomic mass is 10.1. The Labute approximate surface area is 164 Å². The number of hydrazine groups is 1. The first-order chi connectivity index (χ1) is 12.4. The van der Waals surface area contributed by atoms with Crippen LogP contribution in [0.1, 0.15) is 41.5 Å². The van der Waals surface area contributed by atoms with Crippen molar-refractivity contribution in [3.8, 4) is 0 Å². The van der Waals surface area contributed by atoms with Crippen LogP contribution in [0.4, 0.5) is 0 Å². The standard InChI is InChI=1S/C19H21ClN2O4S/c1-19(2,3)22(18(24)15-7-5-6-8-16(15)20)21-17(23)13-9-11-14(12-10-13)27(4,25)26/h5-12H,1-4H3,(H,21,23). The molecule has 2 aromatic rings. The van der Waals surface area contributed by atoms with Crippen molar-refractivity contribution in [3.05, 3.63) is 64.7 Å². The van der Waals surface area contributed by atoms with Crippen LogP contribution in [-0.4, -0.2) is 37.0 Å². The fourth-order valence-electron chi connectivity index (χ4n) is 2.30. The maximum atomic E-state index is 12.9. The number of nitrogens with zero attached hydrogens (tertiary/aromatic N) is 1. The van der Waals surface area contributed by atoms with Gasteiger partial charge in [-0.15, -0.1) is 0 Å². The van der Waals surface area contributed by atoms with Gasteiger partial charge in [-0.1, -0.05) is 23.7 Å². The maximum absolute atomic E-state index is 12.9. The SMILES string of the molecule is CC(C)(C)N(NC(=O)c1ccc(S(C)(=O)=O)cc1)C(=O)c1ccccc1Cl. The predicted molar refractivity (Wildman–Crippen MR) is 104 cm³/mol. The number of rotatable bonds is 3. The Balaban J connectivity index is 2.30. The van der Waals surface area contributed by atoms with Gasteiger partial charge in [0, 0.05) is 11.8 Å². The molecule has 27 heavy (non-hydrogen) atoms. The van der Waals surface area contributed by atoms with Crippen molar-refractivity contribution in [3.63, 3.8) is 0 Å². The van der Waals surface area contributed by atoms with Crippen LogP contribution in [0, 0.1) is 0 Å². The van der Waals surface area contributed by atoms with Gasteiger partial charge in [0.25, 0.3) is 11.8 Å². The summed E-state index contributed by atoms with van der Waals surface area (Å²) in [6, 6.07) is 12.1. The highest BCUT2D eigenvalue weighted by atomic mass is 35.5. The van der Waals surface area contributed by atoms with Crippen LogP contribution in [0.3, 0.4) is 0 Å². The summed E-state index contributed by atoms with van der Waals surface area (Å²) in [7, 11) is -3.36. The second-order valence-electron chi connectivity index (χ2n) is 7.03. The number of halogens is 1. The molecule has 1 N–H and O–H groups in total. The van der Waals surface area contributed by atoms with Crippen molar-refractivity contribution >= 4 is 33.3 Å². The number of benzene rings is 2. The van der Waals surface area contributed by atoms with E-state index in [-0.39, 0.29) is 21.0 Å². The summed E-state index contributed by atoms with van der Waals surface area (Å²) >= 11 is 6.11.